The van der Waals surface area contributed by atoms with E-state index in [0.717, 1.165) is 25.2 Å². The summed E-state index contributed by atoms with van der Waals surface area (Å²) >= 11 is 0. The Balaban J connectivity index is 1.73. The lowest BCUT2D eigenvalue weighted by Crippen LogP contribution is -2.25. The highest BCUT2D eigenvalue weighted by atomic mass is 16.5. The molecule has 1 fully saturated rings. The first-order valence-electron chi connectivity index (χ1n) is 7.25. The lowest BCUT2D eigenvalue weighted by Gasteiger charge is -2.22. The molecule has 0 saturated carbocycles. The normalized spacial score (nSPS) is 18.8. The van der Waals surface area contributed by atoms with E-state index in [1.165, 1.54) is 6.42 Å². The number of ether oxygens (including phenoxy) is 3. The van der Waals surface area contributed by atoms with Crippen molar-refractivity contribution in [2.45, 2.75) is 32.3 Å². The van der Waals surface area contributed by atoms with Gasteiger partial charge in [0.15, 0.2) is 5.78 Å². The van der Waals surface area contributed by atoms with Crippen LogP contribution in [0.4, 0.5) is 0 Å². The van der Waals surface area contributed by atoms with Crippen LogP contribution < -0.4 is 4.74 Å². The Morgan fingerprint density at radius 2 is 2.10 bits per heavy atom. The molecule has 0 N–H and O–H groups in total. The van der Waals surface area contributed by atoms with Gasteiger partial charge in [0, 0.05) is 12.2 Å². The molecule has 0 radical (unpaired) electrons. The molecule has 0 amide bonds. The standard InChI is InChI=1S/C16H22O4/c1-2-19-14-8-6-13(7-9-14)16(17)12-18-11-15-5-3-4-10-20-15/h6-9,15H,2-5,10-12H2,1H3. The van der Waals surface area contributed by atoms with Gasteiger partial charge >= 0.3 is 0 Å². The third kappa shape index (κ3) is 4.62. The molecule has 0 spiro atoms. The summed E-state index contributed by atoms with van der Waals surface area (Å²) in [6.07, 6.45) is 3.48. The number of ketones is 1. The van der Waals surface area contributed by atoms with Gasteiger partial charge in [0.1, 0.15) is 12.4 Å². The maximum atomic E-state index is 11.9. The summed E-state index contributed by atoms with van der Waals surface area (Å²) in [6, 6.07) is 7.16. The predicted molar refractivity (Wildman–Crippen MR) is 76.4 cm³/mol. The number of carbonyl (C=O) groups excluding carboxylic acids is 1. The van der Waals surface area contributed by atoms with Gasteiger partial charge in [0.2, 0.25) is 0 Å². The van der Waals surface area contributed by atoms with Gasteiger partial charge in [-0.2, -0.15) is 0 Å². The second-order valence-corrected chi connectivity index (χ2v) is 4.88. The molecule has 0 aromatic heterocycles. The Morgan fingerprint density at radius 3 is 2.75 bits per heavy atom. The number of hydrogen-bond acceptors (Lipinski definition) is 4. The van der Waals surface area contributed by atoms with Crippen molar-refractivity contribution >= 4 is 5.78 Å². The molecule has 1 saturated heterocycles. The molecule has 0 aliphatic carbocycles. The second kappa shape index (κ2) is 8.02. The van der Waals surface area contributed by atoms with Crippen molar-refractivity contribution in [1.82, 2.24) is 0 Å². The van der Waals surface area contributed by atoms with Crippen LogP contribution in [-0.2, 0) is 9.47 Å². The topological polar surface area (TPSA) is 44.8 Å². The average Bonchev–Trinajstić information content (AvgIpc) is 2.49. The van der Waals surface area contributed by atoms with Crippen LogP contribution in [0.1, 0.15) is 36.5 Å². The van der Waals surface area contributed by atoms with Crippen LogP contribution in [0.2, 0.25) is 0 Å². The molecule has 1 atom stereocenters. The number of Topliss-reactive ketones (excluding diaryl/α,β-unsaturated/α-hetero) is 1. The lowest BCUT2D eigenvalue weighted by molar-refractivity contribution is -0.0370. The van der Waals surface area contributed by atoms with Crippen LogP contribution in [-0.4, -0.2) is 38.3 Å². The van der Waals surface area contributed by atoms with Gasteiger partial charge in [0.25, 0.3) is 0 Å². The molecule has 110 valence electrons. The number of rotatable bonds is 7. The molecule has 0 bridgehead atoms. The average molecular weight is 278 g/mol. The van der Waals surface area contributed by atoms with Crippen molar-refractivity contribution in [2.24, 2.45) is 0 Å². The van der Waals surface area contributed by atoms with E-state index in [0.29, 0.717) is 18.8 Å². The highest BCUT2D eigenvalue weighted by Gasteiger charge is 2.14. The van der Waals surface area contributed by atoms with Crippen molar-refractivity contribution in [1.29, 1.82) is 0 Å². The van der Waals surface area contributed by atoms with Gasteiger partial charge in [-0.25, -0.2) is 0 Å². The summed E-state index contributed by atoms with van der Waals surface area (Å²) in [7, 11) is 0. The van der Waals surface area contributed by atoms with Crippen molar-refractivity contribution in [2.75, 3.05) is 26.4 Å². The van der Waals surface area contributed by atoms with E-state index >= 15 is 0 Å². The molecule has 20 heavy (non-hydrogen) atoms. The Morgan fingerprint density at radius 1 is 1.30 bits per heavy atom. The summed E-state index contributed by atoms with van der Waals surface area (Å²) in [5.74, 6) is 0.768. The zero-order valence-electron chi connectivity index (χ0n) is 12.0. The molecule has 1 aliphatic rings. The van der Waals surface area contributed by atoms with Gasteiger partial charge in [0.05, 0.1) is 19.3 Å². The largest absolute Gasteiger partial charge is 0.494 e. The Bertz CT molecular complexity index is 407. The molecular formula is C16H22O4. The van der Waals surface area contributed by atoms with Gasteiger partial charge < -0.3 is 14.2 Å². The van der Waals surface area contributed by atoms with Gasteiger partial charge in [-0.05, 0) is 50.5 Å². The van der Waals surface area contributed by atoms with Gasteiger partial charge in [-0.1, -0.05) is 0 Å². The fourth-order valence-corrected chi connectivity index (χ4v) is 2.21. The zero-order chi connectivity index (χ0) is 14.2. The van der Waals surface area contributed by atoms with Crippen molar-refractivity contribution < 1.29 is 19.0 Å². The third-order valence-electron chi connectivity index (χ3n) is 3.30. The molecule has 4 heteroatoms. The summed E-state index contributed by atoms with van der Waals surface area (Å²) in [6.45, 7) is 3.97. The molecule has 1 unspecified atom stereocenters. The first kappa shape index (κ1) is 15.0. The number of benzene rings is 1. The van der Waals surface area contributed by atoms with Gasteiger partial charge in [-0.3, -0.25) is 4.79 Å². The molecule has 1 heterocycles. The third-order valence-corrected chi connectivity index (χ3v) is 3.30. The van der Waals surface area contributed by atoms with Gasteiger partial charge in [-0.15, -0.1) is 0 Å². The van der Waals surface area contributed by atoms with Crippen LogP contribution in [0.15, 0.2) is 24.3 Å². The molecule has 1 aromatic carbocycles. The summed E-state index contributed by atoms with van der Waals surface area (Å²) in [5.41, 5.74) is 0.651. The van der Waals surface area contributed by atoms with E-state index in [4.69, 9.17) is 14.2 Å². The fourth-order valence-electron chi connectivity index (χ4n) is 2.21. The Labute approximate surface area is 120 Å². The number of hydrogen-bond donors (Lipinski definition) is 0. The first-order valence-corrected chi connectivity index (χ1v) is 7.25. The number of carbonyl (C=O) groups is 1. The maximum Gasteiger partial charge on any atom is 0.188 e. The monoisotopic (exact) mass is 278 g/mol. The lowest BCUT2D eigenvalue weighted by atomic mass is 10.1. The van der Waals surface area contributed by atoms with Crippen molar-refractivity contribution in [3.05, 3.63) is 29.8 Å². The van der Waals surface area contributed by atoms with Crippen molar-refractivity contribution in [3.63, 3.8) is 0 Å². The van der Waals surface area contributed by atoms with E-state index < -0.39 is 0 Å². The summed E-state index contributed by atoms with van der Waals surface area (Å²) in [4.78, 5) is 11.9. The Hall–Kier alpha value is -1.39. The Kier molecular flexibility index (Phi) is 6.02. The van der Waals surface area contributed by atoms with Crippen molar-refractivity contribution in [3.8, 4) is 5.75 Å². The summed E-state index contributed by atoms with van der Waals surface area (Å²) < 4.78 is 16.4. The minimum Gasteiger partial charge on any atom is -0.494 e. The highest BCUT2D eigenvalue weighted by Crippen LogP contribution is 2.14. The second-order valence-electron chi connectivity index (χ2n) is 4.88. The maximum absolute atomic E-state index is 11.9. The fraction of sp³-hybridized carbons (Fsp3) is 0.562. The summed E-state index contributed by atoms with van der Waals surface area (Å²) in [5, 5.41) is 0. The first-order chi connectivity index (χ1) is 9.79. The van der Waals surface area contributed by atoms with E-state index in [1.54, 1.807) is 24.3 Å². The predicted octanol–water partition coefficient (Wildman–Crippen LogP) is 2.85. The van der Waals surface area contributed by atoms with E-state index in [1.807, 2.05) is 6.92 Å². The minimum absolute atomic E-state index is 0.0103. The van der Waals surface area contributed by atoms with E-state index in [-0.39, 0.29) is 18.5 Å². The quantitative estimate of drug-likeness (QED) is 0.719. The minimum atomic E-state index is -0.0103. The highest BCUT2D eigenvalue weighted by molar-refractivity contribution is 5.97. The van der Waals surface area contributed by atoms with Crippen LogP contribution in [0.25, 0.3) is 0 Å². The van der Waals surface area contributed by atoms with E-state index in [9.17, 15) is 4.79 Å². The molecule has 2 rings (SSSR count). The zero-order valence-corrected chi connectivity index (χ0v) is 12.0. The molecule has 1 aliphatic heterocycles. The van der Waals surface area contributed by atoms with Crippen LogP contribution in [0, 0.1) is 0 Å². The molecular weight excluding hydrogens is 256 g/mol. The van der Waals surface area contributed by atoms with E-state index in [2.05, 4.69) is 0 Å². The molecule has 1 aromatic rings. The molecule has 4 nitrogen and oxygen atoms in total. The van der Waals surface area contributed by atoms with Crippen LogP contribution in [0.3, 0.4) is 0 Å². The van der Waals surface area contributed by atoms with Crippen LogP contribution in [0.5, 0.6) is 5.75 Å². The SMILES string of the molecule is CCOc1ccc(C(=O)COCC2CCCCO2)cc1. The van der Waals surface area contributed by atoms with Crippen LogP contribution >= 0.6 is 0 Å². The smallest absolute Gasteiger partial charge is 0.188 e.